The number of rotatable bonds is 6. The van der Waals surface area contributed by atoms with Gasteiger partial charge in [0.15, 0.2) is 11.5 Å². The third-order valence-electron chi connectivity index (χ3n) is 2.39. The van der Waals surface area contributed by atoms with Crippen molar-refractivity contribution in [3.63, 3.8) is 0 Å². The lowest BCUT2D eigenvalue weighted by molar-refractivity contribution is 0.0703. The third-order valence-corrected chi connectivity index (χ3v) is 2.98. The van der Waals surface area contributed by atoms with E-state index in [0.29, 0.717) is 24.7 Å². The van der Waals surface area contributed by atoms with E-state index in [1.54, 1.807) is 14.2 Å². The van der Waals surface area contributed by atoms with Gasteiger partial charge < -0.3 is 19.9 Å². The predicted molar refractivity (Wildman–Crippen MR) is 70.6 cm³/mol. The zero-order valence-electron chi connectivity index (χ0n) is 10.3. The number of benzene rings is 1. The molecule has 0 heterocycles. The molecule has 0 saturated heterocycles. The second kappa shape index (κ2) is 6.83. The van der Waals surface area contributed by atoms with E-state index in [0.717, 1.165) is 10.0 Å². The Balaban J connectivity index is 2.89. The standard InChI is InChI=1S/C12H18BrNO3/c1-8(15-2)7-17-12-10(13)4-9(6-14)5-11(12)16-3/h4-5,8H,6-7,14H2,1-3H3. The number of hydrogen-bond donors (Lipinski definition) is 1. The summed E-state index contributed by atoms with van der Waals surface area (Å²) in [5.74, 6) is 1.34. The zero-order chi connectivity index (χ0) is 12.8. The number of methoxy groups -OCH3 is 2. The first kappa shape index (κ1) is 14.3. The molecule has 1 unspecified atom stereocenters. The van der Waals surface area contributed by atoms with E-state index >= 15 is 0 Å². The molecule has 5 heteroatoms. The van der Waals surface area contributed by atoms with Crippen LogP contribution in [0.15, 0.2) is 16.6 Å². The second-order valence-electron chi connectivity index (χ2n) is 3.67. The van der Waals surface area contributed by atoms with Gasteiger partial charge in [0.1, 0.15) is 6.61 Å². The molecular weight excluding hydrogens is 286 g/mol. The highest BCUT2D eigenvalue weighted by atomic mass is 79.9. The van der Waals surface area contributed by atoms with E-state index < -0.39 is 0 Å². The largest absolute Gasteiger partial charge is 0.493 e. The second-order valence-corrected chi connectivity index (χ2v) is 4.52. The maximum absolute atomic E-state index is 5.67. The fourth-order valence-corrected chi connectivity index (χ4v) is 1.90. The van der Waals surface area contributed by atoms with Crippen LogP contribution in [0.25, 0.3) is 0 Å². The van der Waals surface area contributed by atoms with Gasteiger partial charge >= 0.3 is 0 Å². The maximum atomic E-state index is 5.67. The summed E-state index contributed by atoms with van der Waals surface area (Å²) in [4.78, 5) is 0. The fourth-order valence-electron chi connectivity index (χ4n) is 1.30. The van der Waals surface area contributed by atoms with E-state index in [4.69, 9.17) is 19.9 Å². The van der Waals surface area contributed by atoms with Crippen LogP contribution in [0.2, 0.25) is 0 Å². The lowest BCUT2D eigenvalue weighted by Crippen LogP contribution is -2.16. The number of ether oxygens (including phenoxy) is 3. The van der Waals surface area contributed by atoms with Crippen LogP contribution in [0.5, 0.6) is 11.5 Å². The van der Waals surface area contributed by atoms with Crippen LogP contribution in [-0.4, -0.2) is 26.9 Å². The lowest BCUT2D eigenvalue weighted by Gasteiger charge is -2.16. The molecule has 4 nitrogen and oxygen atoms in total. The average Bonchev–Trinajstić information content (AvgIpc) is 2.35. The van der Waals surface area contributed by atoms with Gasteiger partial charge in [0.2, 0.25) is 0 Å². The molecular formula is C12H18BrNO3. The van der Waals surface area contributed by atoms with Gasteiger partial charge in [0, 0.05) is 13.7 Å². The quantitative estimate of drug-likeness (QED) is 0.876. The van der Waals surface area contributed by atoms with E-state index in [9.17, 15) is 0 Å². The van der Waals surface area contributed by atoms with E-state index in [1.807, 2.05) is 19.1 Å². The molecule has 0 aliphatic heterocycles. The van der Waals surface area contributed by atoms with Crippen molar-refractivity contribution in [3.8, 4) is 11.5 Å². The maximum Gasteiger partial charge on any atom is 0.175 e. The Hall–Kier alpha value is -0.780. The molecule has 2 N–H and O–H groups in total. The van der Waals surface area contributed by atoms with E-state index in [2.05, 4.69) is 15.9 Å². The fraction of sp³-hybridized carbons (Fsp3) is 0.500. The molecule has 0 bridgehead atoms. The molecule has 0 aliphatic carbocycles. The smallest absolute Gasteiger partial charge is 0.175 e. The van der Waals surface area contributed by atoms with Gasteiger partial charge in [-0.25, -0.2) is 0 Å². The third kappa shape index (κ3) is 3.87. The summed E-state index contributed by atoms with van der Waals surface area (Å²) < 4.78 is 16.9. The first-order valence-corrected chi connectivity index (χ1v) is 6.13. The highest BCUT2D eigenvalue weighted by Crippen LogP contribution is 2.36. The summed E-state index contributed by atoms with van der Waals surface area (Å²) in [5, 5.41) is 0. The van der Waals surface area contributed by atoms with Crippen LogP contribution in [0.1, 0.15) is 12.5 Å². The predicted octanol–water partition coefficient (Wildman–Crippen LogP) is 2.33. The van der Waals surface area contributed by atoms with Gasteiger partial charge in [-0.05, 0) is 40.5 Å². The molecule has 96 valence electrons. The topological polar surface area (TPSA) is 53.7 Å². The average molecular weight is 304 g/mol. The summed E-state index contributed by atoms with van der Waals surface area (Å²) in [6, 6.07) is 3.80. The van der Waals surface area contributed by atoms with Crippen molar-refractivity contribution in [3.05, 3.63) is 22.2 Å². The Morgan fingerprint density at radius 3 is 2.59 bits per heavy atom. The highest BCUT2D eigenvalue weighted by Gasteiger charge is 2.12. The van der Waals surface area contributed by atoms with Crippen molar-refractivity contribution in [1.82, 2.24) is 0 Å². The van der Waals surface area contributed by atoms with Crippen LogP contribution < -0.4 is 15.2 Å². The molecule has 0 saturated carbocycles. The normalized spacial score (nSPS) is 12.3. The van der Waals surface area contributed by atoms with Crippen LogP contribution in [0.3, 0.4) is 0 Å². The Labute approximate surface area is 110 Å². The van der Waals surface area contributed by atoms with Crippen molar-refractivity contribution in [2.45, 2.75) is 19.6 Å². The highest BCUT2D eigenvalue weighted by molar-refractivity contribution is 9.10. The summed E-state index contributed by atoms with van der Waals surface area (Å²) in [5.41, 5.74) is 6.59. The molecule has 0 aromatic heterocycles. The summed E-state index contributed by atoms with van der Waals surface area (Å²) in [7, 11) is 3.26. The van der Waals surface area contributed by atoms with Crippen molar-refractivity contribution in [2.24, 2.45) is 5.73 Å². The van der Waals surface area contributed by atoms with Gasteiger partial charge in [-0.1, -0.05) is 0 Å². The summed E-state index contributed by atoms with van der Waals surface area (Å²) in [6.07, 6.45) is 0.0285. The van der Waals surface area contributed by atoms with E-state index in [1.165, 1.54) is 0 Å². The Kier molecular flexibility index (Phi) is 5.74. The molecule has 0 aliphatic rings. The molecule has 0 radical (unpaired) electrons. The number of halogens is 1. The van der Waals surface area contributed by atoms with Gasteiger partial charge in [0.05, 0.1) is 17.7 Å². The van der Waals surface area contributed by atoms with Gasteiger partial charge in [-0.3, -0.25) is 0 Å². The van der Waals surface area contributed by atoms with Crippen molar-refractivity contribution in [1.29, 1.82) is 0 Å². The van der Waals surface area contributed by atoms with Crippen molar-refractivity contribution in [2.75, 3.05) is 20.8 Å². The molecule has 1 aromatic carbocycles. The molecule has 1 atom stereocenters. The molecule has 0 spiro atoms. The molecule has 1 aromatic rings. The monoisotopic (exact) mass is 303 g/mol. The van der Waals surface area contributed by atoms with E-state index in [-0.39, 0.29) is 6.10 Å². The number of nitrogens with two attached hydrogens (primary N) is 1. The Morgan fingerprint density at radius 1 is 1.35 bits per heavy atom. The molecule has 17 heavy (non-hydrogen) atoms. The minimum Gasteiger partial charge on any atom is -0.493 e. The van der Waals surface area contributed by atoms with Gasteiger partial charge in [0.25, 0.3) is 0 Å². The van der Waals surface area contributed by atoms with Crippen LogP contribution in [0.4, 0.5) is 0 Å². The molecule has 0 fully saturated rings. The Morgan fingerprint density at radius 2 is 2.06 bits per heavy atom. The van der Waals surface area contributed by atoms with Gasteiger partial charge in [-0.15, -0.1) is 0 Å². The van der Waals surface area contributed by atoms with Crippen molar-refractivity contribution < 1.29 is 14.2 Å². The van der Waals surface area contributed by atoms with Gasteiger partial charge in [-0.2, -0.15) is 0 Å². The Bertz CT molecular complexity index is 371. The minimum atomic E-state index is 0.0285. The SMILES string of the molecule is COc1cc(CN)cc(Br)c1OCC(C)OC. The number of hydrogen-bond acceptors (Lipinski definition) is 4. The molecule has 1 rings (SSSR count). The zero-order valence-corrected chi connectivity index (χ0v) is 11.9. The van der Waals surface area contributed by atoms with Crippen molar-refractivity contribution >= 4 is 15.9 Å². The lowest BCUT2D eigenvalue weighted by atomic mass is 10.2. The first-order chi connectivity index (χ1) is 8.12. The minimum absolute atomic E-state index is 0.0285. The van der Waals surface area contributed by atoms with Crippen LogP contribution >= 0.6 is 15.9 Å². The van der Waals surface area contributed by atoms with Crippen LogP contribution in [-0.2, 0) is 11.3 Å². The summed E-state index contributed by atoms with van der Waals surface area (Å²) >= 11 is 3.45. The van der Waals surface area contributed by atoms with Crippen LogP contribution in [0, 0.1) is 0 Å². The first-order valence-electron chi connectivity index (χ1n) is 5.34. The molecule has 0 amide bonds. The summed E-state index contributed by atoms with van der Waals surface area (Å²) in [6.45, 7) is 2.87.